The molecule has 5 nitrogen and oxygen atoms in total. The van der Waals surface area contributed by atoms with Crippen LogP contribution in [0.25, 0.3) is 0 Å². The van der Waals surface area contributed by atoms with E-state index in [0.29, 0.717) is 25.1 Å². The molecule has 2 aromatic rings. The van der Waals surface area contributed by atoms with Gasteiger partial charge in [-0.2, -0.15) is 0 Å². The lowest BCUT2D eigenvalue weighted by atomic mass is 10.1. The summed E-state index contributed by atoms with van der Waals surface area (Å²) in [5.74, 6) is -0.671. The number of carbonyl (C=O) groups excluding carboxylic acids is 3. The van der Waals surface area contributed by atoms with Gasteiger partial charge in [0.1, 0.15) is 6.04 Å². The number of rotatable bonds is 6. The molecule has 1 atom stereocenters. The van der Waals surface area contributed by atoms with Gasteiger partial charge in [-0.3, -0.25) is 14.4 Å². The van der Waals surface area contributed by atoms with E-state index in [1.807, 2.05) is 36.6 Å². The van der Waals surface area contributed by atoms with E-state index in [0.717, 1.165) is 8.45 Å². The average Bonchev–Trinajstić information content (AvgIpc) is 3.22. The number of thiophene rings is 1. The molecule has 0 N–H and O–H groups in total. The summed E-state index contributed by atoms with van der Waals surface area (Å²) >= 11 is 3.72. The molecular weight excluding hydrogens is 463 g/mol. The van der Waals surface area contributed by atoms with E-state index in [-0.39, 0.29) is 24.1 Å². The van der Waals surface area contributed by atoms with Crippen LogP contribution in [0, 0.1) is 3.57 Å². The lowest BCUT2D eigenvalue weighted by Crippen LogP contribution is -2.44. The summed E-state index contributed by atoms with van der Waals surface area (Å²) in [5, 5.41) is 1.94. The average molecular weight is 482 g/mol. The summed E-state index contributed by atoms with van der Waals surface area (Å²) < 4.78 is 1.03. The van der Waals surface area contributed by atoms with E-state index in [9.17, 15) is 14.4 Å². The van der Waals surface area contributed by atoms with Gasteiger partial charge in [-0.15, -0.1) is 11.3 Å². The third-order valence-corrected chi connectivity index (χ3v) is 5.85. The fraction of sp³-hybridized carbons (Fsp3) is 0.316. The van der Waals surface area contributed by atoms with Crippen LogP contribution in [0.2, 0.25) is 0 Å². The van der Waals surface area contributed by atoms with Crippen LogP contribution in [-0.4, -0.2) is 28.7 Å². The number of carbonyl (C=O) groups is 3. The Hall–Kier alpha value is -1.74. The Morgan fingerprint density at radius 3 is 2.62 bits per heavy atom. The highest BCUT2D eigenvalue weighted by Gasteiger charge is 2.44. The molecule has 1 aliphatic heterocycles. The normalized spacial score (nSPS) is 17.0. The minimum atomic E-state index is -0.733. The fourth-order valence-corrected chi connectivity index (χ4v) is 4.08. The first-order valence-corrected chi connectivity index (χ1v) is 10.4. The first kappa shape index (κ1) is 19.0. The monoisotopic (exact) mass is 482 g/mol. The molecule has 2 heterocycles. The molecule has 1 aromatic heterocycles. The van der Waals surface area contributed by atoms with Gasteiger partial charge in [-0.25, -0.2) is 4.90 Å². The van der Waals surface area contributed by atoms with Crippen molar-refractivity contribution in [3.8, 4) is 0 Å². The van der Waals surface area contributed by atoms with Crippen LogP contribution in [0.15, 0.2) is 41.8 Å². The highest BCUT2D eigenvalue weighted by Crippen LogP contribution is 2.28. The lowest BCUT2D eigenvalue weighted by Gasteiger charge is -2.27. The summed E-state index contributed by atoms with van der Waals surface area (Å²) in [4.78, 5) is 42.0. The van der Waals surface area contributed by atoms with E-state index in [4.69, 9.17) is 0 Å². The standard InChI is InChI=1S/C19H19IN2O3S/c1-2-4-17(23)21(12-15-5-3-10-26-15)16-11-18(24)22(19(16)25)14-8-6-13(20)7-9-14/h3,5-10,16H,2,4,11-12H2,1H3. The Kier molecular flexibility index (Phi) is 6.08. The zero-order valence-corrected chi connectivity index (χ0v) is 17.3. The Morgan fingerprint density at radius 2 is 2.00 bits per heavy atom. The van der Waals surface area contributed by atoms with Crippen molar-refractivity contribution in [1.29, 1.82) is 0 Å². The Balaban J connectivity index is 1.87. The molecule has 0 saturated carbocycles. The van der Waals surface area contributed by atoms with Gasteiger partial charge in [-0.05, 0) is 64.7 Å². The zero-order chi connectivity index (χ0) is 18.7. The first-order chi connectivity index (χ1) is 12.5. The van der Waals surface area contributed by atoms with Gasteiger partial charge >= 0.3 is 0 Å². The van der Waals surface area contributed by atoms with E-state index < -0.39 is 6.04 Å². The quantitative estimate of drug-likeness (QED) is 0.465. The van der Waals surface area contributed by atoms with Crippen molar-refractivity contribution < 1.29 is 14.4 Å². The molecule has 1 aliphatic rings. The van der Waals surface area contributed by atoms with Crippen molar-refractivity contribution in [2.45, 2.75) is 38.8 Å². The highest BCUT2D eigenvalue weighted by molar-refractivity contribution is 14.1. The fourth-order valence-electron chi connectivity index (χ4n) is 3.02. The lowest BCUT2D eigenvalue weighted by molar-refractivity contribution is -0.139. The number of benzene rings is 1. The van der Waals surface area contributed by atoms with E-state index >= 15 is 0 Å². The second-order valence-corrected chi connectivity index (χ2v) is 8.39. The number of imide groups is 1. The van der Waals surface area contributed by atoms with Crippen molar-refractivity contribution in [3.05, 3.63) is 50.2 Å². The van der Waals surface area contributed by atoms with Crippen LogP contribution in [0.3, 0.4) is 0 Å². The SMILES string of the molecule is CCCC(=O)N(Cc1cccs1)C1CC(=O)N(c2ccc(I)cc2)C1=O. The molecule has 0 radical (unpaired) electrons. The molecule has 3 amide bonds. The van der Waals surface area contributed by atoms with Gasteiger partial charge in [0.05, 0.1) is 18.7 Å². The molecule has 7 heteroatoms. The third kappa shape index (κ3) is 3.98. The molecule has 1 saturated heterocycles. The maximum atomic E-state index is 13.0. The van der Waals surface area contributed by atoms with Crippen molar-refractivity contribution in [2.24, 2.45) is 0 Å². The number of anilines is 1. The molecule has 0 aliphatic carbocycles. The second-order valence-electron chi connectivity index (χ2n) is 6.11. The van der Waals surface area contributed by atoms with Crippen LogP contribution >= 0.6 is 33.9 Å². The van der Waals surface area contributed by atoms with E-state index in [1.54, 1.807) is 28.4 Å². The molecule has 1 unspecified atom stereocenters. The predicted molar refractivity (Wildman–Crippen MR) is 110 cm³/mol. The predicted octanol–water partition coefficient (Wildman–Crippen LogP) is 3.81. The summed E-state index contributed by atoms with van der Waals surface area (Å²) in [6.07, 6.45) is 1.11. The van der Waals surface area contributed by atoms with E-state index in [2.05, 4.69) is 22.6 Å². The maximum absolute atomic E-state index is 13.0. The molecular formula is C19H19IN2O3S. The van der Waals surface area contributed by atoms with Crippen molar-refractivity contribution >= 4 is 57.3 Å². The van der Waals surface area contributed by atoms with Crippen LogP contribution in [0.5, 0.6) is 0 Å². The minimum Gasteiger partial charge on any atom is -0.325 e. The largest absolute Gasteiger partial charge is 0.325 e. The van der Waals surface area contributed by atoms with Crippen LogP contribution in [0.4, 0.5) is 5.69 Å². The van der Waals surface area contributed by atoms with Gasteiger partial charge in [0.25, 0.3) is 5.91 Å². The molecule has 3 rings (SSSR count). The van der Waals surface area contributed by atoms with Crippen LogP contribution in [0.1, 0.15) is 31.1 Å². The second kappa shape index (κ2) is 8.30. The maximum Gasteiger partial charge on any atom is 0.257 e. The van der Waals surface area contributed by atoms with Gasteiger partial charge in [0.2, 0.25) is 11.8 Å². The first-order valence-electron chi connectivity index (χ1n) is 8.45. The molecule has 26 heavy (non-hydrogen) atoms. The smallest absolute Gasteiger partial charge is 0.257 e. The summed E-state index contributed by atoms with van der Waals surface area (Å²) in [6.45, 7) is 2.29. The van der Waals surface area contributed by atoms with Crippen LogP contribution in [-0.2, 0) is 20.9 Å². The summed E-state index contributed by atoms with van der Waals surface area (Å²) in [5.41, 5.74) is 0.557. The number of hydrogen-bond acceptors (Lipinski definition) is 4. The molecule has 0 spiro atoms. The zero-order valence-electron chi connectivity index (χ0n) is 14.4. The molecule has 1 aromatic carbocycles. The highest BCUT2D eigenvalue weighted by atomic mass is 127. The van der Waals surface area contributed by atoms with Crippen molar-refractivity contribution in [3.63, 3.8) is 0 Å². The number of halogens is 1. The van der Waals surface area contributed by atoms with Crippen molar-refractivity contribution in [1.82, 2.24) is 4.90 Å². The van der Waals surface area contributed by atoms with Gasteiger partial charge in [-0.1, -0.05) is 13.0 Å². The topological polar surface area (TPSA) is 57.7 Å². The minimum absolute atomic E-state index is 0.0334. The molecule has 0 bridgehead atoms. The van der Waals surface area contributed by atoms with Crippen LogP contribution < -0.4 is 4.90 Å². The summed E-state index contributed by atoms with van der Waals surface area (Å²) in [7, 11) is 0. The Labute approximate surface area is 170 Å². The third-order valence-electron chi connectivity index (χ3n) is 4.27. The van der Waals surface area contributed by atoms with Gasteiger partial charge in [0.15, 0.2) is 0 Å². The molecule has 136 valence electrons. The Morgan fingerprint density at radius 1 is 1.27 bits per heavy atom. The number of amides is 3. The number of hydrogen-bond donors (Lipinski definition) is 0. The van der Waals surface area contributed by atoms with Crippen molar-refractivity contribution in [2.75, 3.05) is 4.90 Å². The molecule has 1 fully saturated rings. The van der Waals surface area contributed by atoms with E-state index in [1.165, 1.54) is 4.90 Å². The Bertz CT molecular complexity index is 805. The van der Waals surface area contributed by atoms with Gasteiger partial charge < -0.3 is 4.90 Å². The van der Waals surface area contributed by atoms with Gasteiger partial charge in [0, 0.05) is 14.9 Å². The summed E-state index contributed by atoms with van der Waals surface area (Å²) in [6, 6.07) is 10.4. The number of nitrogens with zero attached hydrogens (tertiary/aromatic N) is 2.